The minimum Gasteiger partial charge on any atom is -0.459 e. The van der Waals surface area contributed by atoms with E-state index in [1.165, 1.54) is 6.07 Å². The average molecular weight is 422 g/mol. The average Bonchev–Trinajstić information content (AvgIpc) is 2.59. The molecule has 1 N–H and O–H groups in total. The maximum atomic E-state index is 13.8. The molecule has 6 heteroatoms. The van der Waals surface area contributed by atoms with Crippen LogP contribution in [0.15, 0.2) is 53.0 Å². The summed E-state index contributed by atoms with van der Waals surface area (Å²) in [7, 11) is 0. The lowest BCUT2D eigenvalue weighted by Gasteiger charge is -2.21. The highest BCUT2D eigenvalue weighted by Gasteiger charge is 2.26. The van der Waals surface area contributed by atoms with Gasteiger partial charge in [-0.1, -0.05) is 66.2 Å². The van der Waals surface area contributed by atoms with Crippen molar-refractivity contribution >= 4 is 27.8 Å². The van der Waals surface area contributed by atoms with Crippen LogP contribution >= 0.6 is 15.9 Å². The molecule has 0 aliphatic carbocycles. The number of hydrogen-bond donors (Lipinski definition) is 1. The van der Waals surface area contributed by atoms with Crippen LogP contribution in [0.3, 0.4) is 0 Å². The van der Waals surface area contributed by atoms with Crippen LogP contribution in [0.1, 0.15) is 25.0 Å². The van der Waals surface area contributed by atoms with Gasteiger partial charge in [-0.2, -0.15) is 0 Å². The SMILES string of the molecule is CC(C)C(NC(=O)Cc1ccccc1)C(=O)OCc1ccc(Br)cc1F. The fourth-order valence-electron chi connectivity index (χ4n) is 2.38. The molecule has 1 amide bonds. The van der Waals surface area contributed by atoms with Gasteiger partial charge >= 0.3 is 5.97 Å². The lowest BCUT2D eigenvalue weighted by atomic mass is 10.0. The lowest BCUT2D eigenvalue weighted by molar-refractivity contribution is -0.150. The highest BCUT2D eigenvalue weighted by Crippen LogP contribution is 2.16. The molecule has 0 radical (unpaired) electrons. The summed E-state index contributed by atoms with van der Waals surface area (Å²) >= 11 is 3.18. The summed E-state index contributed by atoms with van der Waals surface area (Å²) in [6.07, 6.45) is 0.179. The van der Waals surface area contributed by atoms with Crippen LogP contribution in [-0.4, -0.2) is 17.9 Å². The van der Waals surface area contributed by atoms with Crippen molar-refractivity contribution in [1.29, 1.82) is 0 Å². The van der Waals surface area contributed by atoms with Gasteiger partial charge < -0.3 is 10.1 Å². The molecule has 0 aliphatic rings. The van der Waals surface area contributed by atoms with Crippen molar-refractivity contribution in [2.45, 2.75) is 32.9 Å². The Kier molecular flexibility index (Phi) is 7.33. The number of halogens is 2. The first-order chi connectivity index (χ1) is 12.4. The van der Waals surface area contributed by atoms with Crippen molar-refractivity contribution in [3.8, 4) is 0 Å². The number of rotatable bonds is 7. The van der Waals surface area contributed by atoms with Gasteiger partial charge in [0.2, 0.25) is 5.91 Å². The normalized spacial score (nSPS) is 11.9. The maximum Gasteiger partial charge on any atom is 0.329 e. The minimum atomic E-state index is -0.787. The number of esters is 1. The van der Waals surface area contributed by atoms with Crippen LogP contribution in [0.5, 0.6) is 0 Å². The third-order valence-corrected chi connectivity index (χ3v) is 4.32. The van der Waals surface area contributed by atoms with E-state index >= 15 is 0 Å². The third-order valence-electron chi connectivity index (χ3n) is 3.83. The molecule has 2 aromatic rings. The van der Waals surface area contributed by atoms with E-state index in [1.807, 2.05) is 44.2 Å². The van der Waals surface area contributed by atoms with E-state index in [0.717, 1.165) is 5.56 Å². The van der Waals surface area contributed by atoms with Crippen molar-refractivity contribution in [1.82, 2.24) is 5.32 Å². The fourth-order valence-corrected chi connectivity index (χ4v) is 2.71. The first-order valence-electron chi connectivity index (χ1n) is 8.30. The second-order valence-electron chi connectivity index (χ2n) is 6.30. The molecule has 26 heavy (non-hydrogen) atoms. The Hall–Kier alpha value is -2.21. The third kappa shape index (κ3) is 5.95. The van der Waals surface area contributed by atoms with E-state index in [1.54, 1.807) is 12.1 Å². The minimum absolute atomic E-state index is 0.156. The van der Waals surface area contributed by atoms with E-state index < -0.39 is 17.8 Å². The summed E-state index contributed by atoms with van der Waals surface area (Å²) < 4.78 is 19.6. The quantitative estimate of drug-likeness (QED) is 0.686. The maximum absolute atomic E-state index is 13.8. The Morgan fingerprint density at radius 2 is 1.85 bits per heavy atom. The fraction of sp³-hybridized carbons (Fsp3) is 0.300. The molecule has 138 valence electrons. The molecule has 0 bridgehead atoms. The van der Waals surface area contributed by atoms with Crippen molar-refractivity contribution in [2.24, 2.45) is 5.92 Å². The molecule has 1 atom stereocenters. The number of benzene rings is 2. The highest BCUT2D eigenvalue weighted by atomic mass is 79.9. The first-order valence-corrected chi connectivity index (χ1v) is 9.10. The number of ether oxygens (including phenoxy) is 1. The van der Waals surface area contributed by atoms with Crippen LogP contribution < -0.4 is 5.32 Å². The molecular weight excluding hydrogens is 401 g/mol. The Bertz CT molecular complexity index is 765. The molecule has 0 aliphatic heterocycles. The van der Waals surface area contributed by atoms with Gasteiger partial charge in [0.25, 0.3) is 0 Å². The van der Waals surface area contributed by atoms with Crippen molar-refractivity contribution in [3.05, 3.63) is 69.9 Å². The summed E-state index contributed by atoms with van der Waals surface area (Å²) in [5.74, 6) is -1.45. The molecule has 0 aromatic heterocycles. The van der Waals surface area contributed by atoms with Gasteiger partial charge in [-0.05, 0) is 23.6 Å². The Labute approximate surface area is 160 Å². The molecule has 0 saturated heterocycles. The van der Waals surface area contributed by atoms with E-state index in [4.69, 9.17) is 4.74 Å². The monoisotopic (exact) mass is 421 g/mol. The van der Waals surface area contributed by atoms with E-state index in [0.29, 0.717) is 4.47 Å². The van der Waals surface area contributed by atoms with E-state index in [9.17, 15) is 14.0 Å². The zero-order valence-electron chi connectivity index (χ0n) is 14.7. The molecule has 2 rings (SSSR count). The second-order valence-corrected chi connectivity index (χ2v) is 7.21. The van der Waals surface area contributed by atoms with Crippen molar-refractivity contribution in [3.63, 3.8) is 0 Å². The van der Waals surface area contributed by atoms with Gasteiger partial charge in [0.05, 0.1) is 6.42 Å². The van der Waals surface area contributed by atoms with Crippen LogP contribution in [0.4, 0.5) is 4.39 Å². The van der Waals surface area contributed by atoms with Crippen molar-refractivity contribution < 1.29 is 18.7 Å². The van der Waals surface area contributed by atoms with Crippen LogP contribution in [-0.2, 0) is 27.4 Å². The Balaban J connectivity index is 1.95. The molecule has 0 heterocycles. The molecule has 1 unspecified atom stereocenters. The largest absolute Gasteiger partial charge is 0.459 e. The standard InChI is InChI=1S/C20H21BrFNO3/c1-13(2)19(23-18(24)10-14-6-4-3-5-7-14)20(25)26-12-15-8-9-16(21)11-17(15)22/h3-9,11,13,19H,10,12H2,1-2H3,(H,23,24). The Morgan fingerprint density at radius 1 is 1.15 bits per heavy atom. The topological polar surface area (TPSA) is 55.4 Å². The Morgan fingerprint density at radius 3 is 2.46 bits per heavy atom. The second kappa shape index (κ2) is 9.48. The van der Waals surface area contributed by atoms with Gasteiger partial charge in [0.1, 0.15) is 18.5 Å². The summed E-state index contributed by atoms with van der Waals surface area (Å²) in [6, 6.07) is 13.0. The number of carbonyl (C=O) groups excluding carboxylic acids is 2. The van der Waals surface area contributed by atoms with Gasteiger partial charge in [0.15, 0.2) is 0 Å². The highest BCUT2D eigenvalue weighted by molar-refractivity contribution is 9.10. The van der Waals surface area contributed by atoms with Crippen LogP contribution in [0, 0.1) is 11.7 Å². The van der Waals surface area contributed by atoms with Gasteiger partial charge in [0, 0.05) is 10.0 Å². The zero-order chi connectivity index (χ0) is 19.1. The van der Waals surface area contributed by atoms with Gasteiger partial charge in [-0.15, -0.1) is 0 Å². The smallest absolute Gasteiger partial charge is 0.329 e. The van der Waals surface area contributed by atoms with Gasteiger partial charge in [-0.3, -0.25) is 4.79 Å². The summed E-state index contributed by atoms with van der Waals surface area (Å²) in [5, 5.41) is 2.71. The number of hydrogen-bond acceptors (Lipinski definition) is 3. The van der Waals surface area contributed by atoms with Crippen LogP contribution in [0.25, 0.3) is 0 Å². The van der Waals surface area contributed by atoms with Gasteiger partial charge in [-0.25, -0.2) is 9.18 Å². The van der Waals surface area contributed by atoms with E-state index in [2.05, 4.69) is 21.2 Å². The molecule has 0 spiro atoms. The molecule has 4 nitrogen and oxygen atoms in total. The molecule has 2 aromatic carbocycles. The summed E-state index contributed by atoms with van der Waals surface area (Å²) in [6.45, 7) is 3.44. The number of nitrogens with one attached hydrogen (secondary N) is 1. The van der Waals surface area contributed by atoms with Crippen molar-refractivity contribution in [2.75, 3.05) is 0 Å². The summed E-state index contributed by atoms with van der Waals surface area (Å²) in [4.78, 5) is 24.6. The number of amides is 1. The zero-order valence-corrected chi connectivity index (χ0v) is 16.3. The molecular formula is C20H21BrFNO3. The predicted molar refractivity (Wildman–Crippen MR) is 101 cm³/mol. The first kappa shape index (κ1) is 20.1. The molecule has 0 fully saturated rings. The summed E-state index contributed by atoms with van der Waals surface area (Å²) in [5.41, 5.74) is 1.14. The predicted octanol–water partition coefficient (Wildman–Crippen LogP) is 4.01. The van der Waals surface area contributed by atoms with Crippen LogP contribution in [0.2, 0.25) is 0 Å². The van der Waals surface area contributed by atoms with E-state index in [-0.39, 0.29) is 30.4 Å². The number of carbonyl (C=O) groups is 2. The molecule has 0 saturated carbocycles. The lowest BCUT2D eigenvalue weighted by Crippen LogP contribution is -2.45.